The van der Waals surface area contributed by atoms with E-state index in [1.807, 2.05) is 0 Å². The minimum atomic E-state index is -4.23. The Balaban J connectivity index is 2.68. The predicted octanol–water partition coefficient (Wildman–Crippen LogP) is 3.53. The number of hydrogen-bond donors (Lipinski definition) is 0. The second-order valence-corrected chi connectivity index (χ2v) is 3.88. The van der Waals surface area contributed by atoms with Crippen molar-refractivity contribution in [3.63, 3.8) is 0 Å². The van der Waals surface area contributed by atoms with Crippen LogP contribution in [0.4, 0.5) is 13.2 Å². The molecule has 14 heavy (non-hydrogen) atoms. The van der Waals surface area contributed by atoms with Crippen LogP contribution in [0.2, 0.25) is 0 Å². The zero-order chi connectivity index (χ0) is 10.6. The zero-order valence-corrected chi connectivity index (χ0v) is 8.55. The fraction of sp³-hybridized carbons (Fsp3) is 0.250. The highest BCUT2D eigenvalue weighted by atomic mass is 32.2. The Morgan fingerprint density at radius 2 is 1.79 bits per heavy atom. The quantitative estimate of drug-likeness (QED) is 0.746. The van der Waals surface area contributed by atoms with Gasteiger partial charge in [-0.25, -0.2) is 4.36 Å². The van der Waals surface area contributed by atoms with Gasteiger partial charge in [-0.3, -0.25) is 0 Å². The van der Waals surface area contributed by atoms with Crippen LogP contribution in [0.25, 0.3) is 0 Å². The lowest BCUT2D eigenvalue weighted by atomic mass is 10.2. The Kier molecular flexibility index (Phi) is 3.88. The van der Waals surface area contributed by atoms with Crippen LogP contribution in [0.3, 0.4) is 0 Å². The number of halogens is 3. The van der Waals surface area contributed by atoms with Crippen molar-refractivity contribution in [2.45, 2.75) is 16.9 Å². The summed E-state index contributed by atoms with van der Waals surface area (Å²) in [5, 5.41) is 0. The molecule has 0 aliphatic rings. The largest absolute Gasteiger partial charge is 0.446 e. The van der Waals surface area contributed by atoms with E-state index in [-0.39, 0.29) is 16.7 Å². The zero-order valence-electron chi connectivity index (χ0n) is 6.91. The number of nitrogens with zero attached hydrogens (tertiary/aromatic N) is 1. The molecular weight excluding hydrogens is 231 g/mol. The van der Waals surface area contributed by atoms with Crippen LogP contribution in [0.5, 0.6) is 0 Å². The van der Waals surface area contributed by atoms with Crippen molar-refractivity contribution in [1.29, 1.82) is 0 Å². The molecule has 0 bridgehead atoms. The summed E-state index contributed by atoms with van der Waals surface area (Å²) in [6, 6.07) is 6.00. The molecule has 1 aromatic carbocycles. The molecule has 0 fully saturated rings. The molecule has 0 spiro atoms. The second-order valence-electron chi connectivity index (χ2n) is 2.48. The van der Waals surface area contributed by atoms with Crippen molar-refractivity contribution in [3.05, 3.63) is 29.8 Å². The van der Waals surface area contributed by atoms with Crippen molar-refractivity contribution in [1.82, 2.24) is 0 Å². The van der Waals surface area contributed by atoms with E-state index in [2.05, 4.69) is 16.8 Å². The van der Waals surface area contributed by atoms with E-state index in [1.54, 1.807) is 12.1 Å². The van der Waals surface area contributed by atoms with Crippen LogP contribution in [-0.4, -0.2) is 5.51 Å². The van der Waals surface area contributed by atoms with Gasteiger partial charge in [-0.1, -0.05) is 12.1 Å². The number of benzene rings is 1. The molecular formula is C8H6F3NS2. The standard InChI is InChI=1S/C8H6F3NS2/c9-8(10,11)14-7-3-1-6(2-4-7)5-12-13/h1-4H,5H2. The number of thioether (sulfide) groups is 1. The van der Waals surface area contributed by atoms with E-state index < -0.39 is 5.51 Å². The fourth-order valence-corrected chi connectivity index (χ4v) is 1.56. The molecule has 0 amide bonds. The average molecular weight is 237 g/mol. The highest BCUT2D eigenvalue weighted by molar-refractivity contribution is 8.00. The monoisotopic (exact) mass is 237 g/mol. The van der Waals surface area contributed by atoms with Crippen molar-refractivity contribution in [3.8, 4) is 0 Å². The van der Waals surface area contributed by atoms with Gasteiger partial charge in [0.05, 0.1) is 6.54 Å². The van der Waals surface area contributed by atoms with Crippen molar-refractivity contribution >= 4 is 24.2 Å². The van der Waals surface area contributed by atoms with Crippen LogP contribution < -0.4 is 0 Å². The second kappa shape index (κ2) is 4.75. The maximum Gasteiger partial charge on any atom is 0.446 e. The van der Waals surface area contributed by atoms with Crippen LogP contribution in [0.15, 0.2) is 33.5 Å². The van der Waals surface area contributed by atoms with Crippen molar-refractivity contribution < 1.29 is 13.2 Å². The van der Waals surface area contributed by atoms with E-state index in [0.29, 0.717) is 6.54 Å². The van der Waals surface area contributed by atoms with Gasteiger partial charge in [-0.05, 0) is 29.5 Å². The van der Waals surface area contributed by atoms with Crippen molar-refractivity contribution in [2.24, 2.45) is 4.36 Å². The minimum Gasteiger partial charge on any atom is -0.215 e. The summed E-state index contributed by atoms with van der Waals surface area (Å²) in [5.74, 6) is 0. The van der Waals surface area contributed by atoms with Gasteiger partial charge in [0.2, 0.25) is 0 Å². The number of rotatable bonds is 3. The first-order valence-electron chi connectivity index (χ1n) is 3.65. The maximum atomic E-state index is 11.9. The molecule has 0 N–H and O–H groups in total. The molecule has 0 aliphatic carbocycles. The molecule has 0 unspecified atom stereocenters. The summed E-state index contributed by atoms with van der Waals surface area (Å²) in [6.07, 6.45) is 0. The van der Waals surface area contributed by atoms with Crippen molar-refractivity contribution in [2.75, 3.05) is 0 Å². The van der Waals surface area contributed by atoms with Gasteiger partial charge < -0.3 is 0 Å². The highest BCUT2D eigenvalue weighted by Crippen LogP contribution is 2.36. The number of alkyl halides is 3. The third-order valence-corrected chi connectivity index (χ3v) is 2.27. The normalized spacial score (nSPS) is 11.4. The summed E-state index contributed by atoms with van der Waals surface area (Å²) in [6.45, 7) is 0.353. The first kappa shape index (κ1) is 11.5. The molecule has 0 radical (unpaired) electrons. The Bertz CT molecular complexity index is 307. The predicted molar refractivity (Wildman–Crippen MR) is 51.9 cm³/mol. The summed E-state index contributed by atoms with van der Waals surface area (Å²) < 4.78 is 39.2. The van der Waals surface area contributed by atoms with Crippen LogP contribution in [0.1, 0.15) is 5.56 Å². The summed E-state index contributed by atoms with van der Waals surface area (Å²) in [5.41, 5.74) is -3.42. The van der Waals surface area contributed by atoms with Crippen LogP contribution in [-0.2, 0) is 19.0 Å². The average Bonchev–Trinajstić information content (AvgIpc) is 2.06. The van der Waals surface area contributed by atoms with E-state index >= 15 is 0 Å². The summed E-state index contributed by atoms with van der Waals surface area (Å²) in [7, 11) is 0. The van der Waals surface area contributed by atoms with Gasteiger partial charge in [0.15, 0.2) is 0 Å². The number of hydrogen-bond acceptors (Lipinski definition) is 3. The van der Waals surface area contributed by atoms with Gasteiger partial charge in [0.25, 0.3) is 0 Å². The Hall–Kier alpha value is -0.620. The highest BCUT2D eigenvalue weighted by Gasteiger charge is 2.28. The van der Waals surface area contributed by atoms with Crippen LogP contribution in [0, 0.1) is 0 Å². The third-order valence-electron chi connectivity index (χ3n) is 1.40. The first-order chi connectivity index (χ1) is 6.51. The Labute approximate surface area is 88.9 Å². The lowest BCUT2D eigenvalue weighted by Gasteiger charge is -2.05. The lowest BCUT2D eigenvalue weighted by Crippen LogP contribution is -1.98. The van der Waals surface area contributed by atoms with Gasteiger partial charge in [-0.2, -0.15) is 13.2 Å². The maximum absolute atomic E-state index is 11.9. The van der Waals surface area contributed by atoms with Gasteiger partial charge in [-0.15, -0.1) is 0 Å². The molecule has 0 aliphatic heterocycles. The van der Waals surface area contributed by atoms with Gasteiger partial charge in [0, 0.05) is 17.3 Å². The molecule has 1 nitrogen and oxygen atoms in total. The van der Waals surface area contributed by atoms with Gasteiger partial charge in [0.1, 0.15) is 0 Å². The van der Waals surface area contributed by atoms with Gasteiger partial charge >= 0.3 is 5.51 Å². The molecule has 1 aromatic rings. The SMILES string of the molecule is FC(F)(F)Sc1ccc(CN=S)cc1. The Morgan fingerprint density at radius 1 is 1.21 bits per heavy atom. The molecule has 76 valence electrons. The fourth-order valence-electron chi connectivity index (χ4n) is 0.871. The topological polar surface area (TPSA) is 12.4 Å². The van der Waals surface area contributed by atoms with E-state index in [9.17, 15) is 13.2 Å². The summed E-state index contributed by atoms with van der Waals surface area (Å²) in [4.78, 5) is 0.172. The summed E-state index contributed by atoms with van der Waals surface area (Å²) >= 11 is 4.27. The van der Waals surface area contributed by atoms with E-state index in [0.717, 1.165) is 5.56 Å². The molecule has 6 heteroatoms. The minimum absolute atomic E-state index is 0.129. The van der Waals surface area contributed by atoms with E-state index in [4.69, 9.17) is 0 Å². The molecule has 0 saturated carbocycles. The van der Waals surface area contributed by atoms with Crippen LogP contribution >= 0.6 is 11.8 Å². The Morgan fingerprint density at radius 3 is 2.21 bits per heavy atom. The molecule has 0 saturated heterocycles. The molecule has 1 rings (SSSR count). The molecule has 0 heterocycles. The smallest absolute Gasteiger partial charge is 0.215 e. The first-order valence-corrected chi connectivity index (χ1v) is 4.83. The lowest BCUT2D eigenvalue weighted by molar-refractivity contribution is -0.0328. The molecule has 0 atom stereocenters. The van der Waals surface area contributed by atoms with E-state index in [1.165, 1.54) is 12.1 Å². The molecule has 0 aromatic heterocycles. The third kappa shape index (κ3) is 4.06.